The molecule has 0 amide bonds. The van der Waals surface area contributed by atoms with Gasteiger partial charge in [0.2, 0.25) is 0 Å². The molecule has 1 aromatic carbocycles. The summed E-state index contributed by atoms with van der Waals surface area (Å²) >= 11 is 0. The highest BCUT2D eigenvalue weighted by Crippen LogP contribution is 2.28. The molecule has 1 aliphatic rings. The molecule has 1 saturated carbocycles. The van der Waals surface area contributed by atoms with Crippen LogP contribution < -0.4 is 11.1 Å². The number of hydrogen-bond donors (Lipinski definition) is 2. The van der Waals surface area contributed by atoms with Crippen molar-refractivity contribution in [3.05, 3.63) is 29.8 Å². The lowest BCUT2D eigenvalue weighted by molar-refractivity contribution is 0.292. The van der Waals surface area contributed by atoms with Crippen molar-refractivity contribution in [2.24, 2.45) is 5.92 Å². The van der Waals surface area contributed by atoms with Crippen LogP contribution in [-0.4, -0.2) is 13.1 Å². The SMILES string of the molecule is Nc1ccc(CCNCCC2CCC2)cc1. The van der Waals surface area contributed by atoms with Crippen LogP contribution >= 0.6 is 0 Å². The molecular weight excluding hydrogens is 196 g/mol. The van der Waals surface area contributed by atoms with Crippen LogP contribution in [0.1, 0.15) is 31.2 Å². The van der Waals surface area contributed by atoms with Gasteiger partial charge in [-0.25, -0.2) is 0 Å². The van der Waals surface area contributed by atoms with Gasteiger partial charge in [0.05, 0.1) is 0 Å². The van der Waals surface area contributed by atoms with Crippen molar-refractivity contribution in [1.82, 2.24) is 5.32 Å². The van der Waals surface area contributed by atoms with E-state index in [4.69, 9.17) is 5.73 Å². The van der Waals surface area contributed by atoms with Gasteiger partial charge in [0.1, 0.15) is 0 Å². The highest BCUT2D eigenvalue weighted by molar-refractivity contribution is 5.39. The van der Waals surface area contributed by atoms with E-state index in [1.807, 2.05) is 12.1 Å². The number of hydrogen-bond acceptors (Lipinski definition) is 2. The van der Waals surface area contributed by atoms with Crippen molar-refractivity contribution in [3.8, 4) is 0 Å². The Bertz CT molecular complexity index is 301. The molecule has 0 unspecified atom stereocenters. The normalized spacial score (nSPS) is 16.0. The lowest BCUT2D eigenvalue weighted by atomic mass is 9.83. The Labute approximate surface area is 98.2 Å². The van der Waals surface area contributed by atoms with Gasteiger partial charge in [-0.3, -0.25) is 0 Å². The van der Waals surface area contributed by atoms with Crippen molar-refractivity contribution >= 4 is 5.69 Å². The molecule has 3 N–H and O–H groups in total. The van der Waals surface area contributed by atoms with E-state index >= 15 is 0 Å². The monoisotopic (exact) mass is 218 g/mol. The molecule has 0 atom stereocenters. The van der Waals surface area contributed by atoms with Gasteiger partial charge in [-0.1, -0.05) is 31.4 Å². The Kier molecular flexibility index (Phi) is 4.23. The van der Waals surface area contributed by atoms with Crippen LogP contribution in [-0.2, 0) is 6.42 Å². The summed E-state index contributed by atoms with van der Waals surface area (Å²) in [6.45, 7) is 2.26. The first kappa shape index (κ1) is 11.5. The van der Waals surface area contributed by atoms with Crippen molar-refractivity contribution in [2.45, 2.75) is 32.1 Å². The Hall–Kier alpha value is -1.02. The minimum Gasteiger partial charge on any atom is -0.399 e. The van der Waals surface area contributed by atoms with Crippen LogP contribution in [0.3, 0.4) is 0 Å². The van der Waals surface area contributed by atoms with E-state index in [0.29, 0.717) is 0 Å². The summed E-state index contributed by atoms with van der Waals surface area (Å²) < 4.78 is 0. The number of nitrogens with one attached hydrogen (secondary N) is 1. The molecule has 2 rings (SSSR count). The molecule has 16 heavy (non-hydrogen) atoms. The lowest BCUT2D eigenvalue weighted by Crippen LogP contribution is -2.23. The van der Waals surface area contributed by atoms with E-state index in [-0.39, 0.29) is 0 Å². The molecule has 0 aromatic heterocycles. The van der Waals surface area contributed by atoms with Crippen molar-refractivity contribution in [1.29, 1.82) is 0 Å². The van der Waals surface area contributed by atoms with Crippen molar-refractivity contribution in [2.75, 3.05) is 18.8 Å². The summed E-state index contributed by atoms with van der Waals surface area (Å²) in [4.78, 5) is 0. The summed E-state index contributed by atoms with van der Waals surface area (Å²) in [6, 6.07) is 8.18. The van der Waals surface area contributed by atoms with E-state index in [0.717, 1.165) is 24.6 Å². The summed E-state index contributed by atoms with van der Waals surface area (Å²) in [7, 11) is 0. The number of benzene rings is 1. The first-order valence-electron chi connectivity index (χ1n) is 6.40. The summed E-state index contributed by atoms with van der Waals surface area (Å²) in [6.07, 6.45) is 6.84. The Balaban J connectivity index is 1.55. The molecular formula is C14H22N2. The second kappa shape index (κ2) is 5.90. The second-order valence-corrected chi connectivity index (χ2v) is 4.83. The fourth-order valence-electron chi connectivity index (χ4n) is 2.13. The third kappa shape index (κ3) is 3.53. The Morgan fingerprint density at radius 1 is 1.12 bits per heavy atom. The van der Waals surface area contributed by atoms with Crippen LogP contribution in [0.15, 0.2) is 24.3 Å². The fourth-order valence-corrected chi connectivity index (χ4v) is 2.13. The molecule has 2 nitrogen and oxygen atoms in total. The first-order valence-corrected chi connectivity index (χ1v) is 6.40. The van der Waals surface area contributed by atoms with Gasteiger partial charge in [-0.2, -0.15) is 0 Å². The highest BCUT2D eigenvalue weighted by Gasteiger charge is 2.15. The number of anilines is 1. The Morgan fingerprint density at radius 3 is 2.50 bits per heavy atom. The first-order chi connectivity index (χ1) is 7.84. The van der Waals surface area contributed by atoms with Crippen LogP contribution in [0.5, 0.6) is 0 Å². The molecule has 1 aliphatic carbocycles. The van der Waals surface area contributed by atoms with Gasteiger partial charge >= 0.3 is 0 Å². The third-order valence-electron chi connectivity index (χ3n) is 3.52. The maximum absolute atomic E-state index is 5.64. The molecule has 1 fully saturated rings. The second-order valence-electron chi connectivity index (χ2n) is 4.83. The zero-order valence-corrected chi connectivity index (χ0v) is 9.91. The minimum atomic E-state index is 0.849. The molecule has 88 valence electrons. The predicted molar refractivity (Wildman–Crippen MR) is 69.4 cm³/mol. The smallest absolute Gasteiger partial charge is 0.0314 e. The lowest BCUT2D eigenvalue weighted by Gasteiger charge is -2.25. The van der Waals surface area contributed by atoms with Crippen LogP contribution in [0.4, 0.5) is 5.69 Å². The molecule has 0 aliphatic heterocycles. The van der Waals surface area contributed by atoms with E-state index in [9.17, 15) is 0 Å². The van der Waals surface area contributed by atoms with Gasteiger partial charge in [-0.05, 0) is 49.5 Å². The van der Waals surface area contributed by atoms with Gasteiger partial charge in [0.25, 0.3) is 0 Å². The molecule has 1 aromatic rings. The van der Waals surface area contributed by atoms with E-state index in [2.05, 4.69) is 17.4 Å². The van der Waals surface area contributed by atoms with Crippen LogP contribution in [0, 0.1) is 5.92 Å². The quantitative estimate of drug-likeness (QED) is 0.569. The van der Waals surface area contributed by atoms with Crippen molar-refractivity contribution < 1.29 is 0 Å². The number of rotatable bonds is 6. The highest BCUT2D eigenvalue weighted by atomic mass is 14.8. The van der Waals surface area contributed by atoms with Gasteiger partial charge in [0, 0.05) is 5.69 Å². The Morgan fingerprint density at radius 2 is 1.88 bits per heavy atom. The minimum absolute atomic E-state index is 0.849. The molecule has 2 heteroatoms. The zero-order chi connectivity index (χ0) is 11.2. The molecule has 0 radical (unpaired) electrons. The van der Waals surface area contributed by atoms with Crippen LogP contribution in [0.2, 0.25) is 0 Å². The number of nitrogens with two attached hydrogens (primary N) is 1. The molecule has 0 spiro atoms. The molecule has 0 saturated heterocycles. The maximum atomic E-state index is 5.64. The summed E-state index contributed by atoms with van der Waals surface area (Å²) in [5, 5.41) is 3.52. The maximum Gasteiger partial charge on any atom is 0.0314 e. The molecule has 0 heterocycles. The summed E-state index contributed by atoms with van der Waals surface area (Å²) in [5.74, 6) is 1.02. The van der Waals surface area contributed by atoms with Gasteiger partial charge in [0.15, 0.2) is 0 Å². The standard InChI is InChI=1S/C14H22N2/c15-14-6-4-13(5-7-14)9-11-16-10-8-12-2-1-3-12/h4-7,12,16H,1-3,8-11,15H2. The number of nitrogen functional groups attached to an aromatic ring is 1. The third-order valence-corrected chi connectivity index (χ3v) is 3.52. The zero-order valence-electron chi connectivity index (χ0n) is 9.91. The topological polar surface area (TPSA) is 38.0 Å². The fraction of sp³-hybridized carbons (Fsp3) is 0.571. The average molecular weight is 218 g/mol. The van der Waals surface area contributed by atoms with Gasteiger partial charge in [-0.15, -0.1) is 0 Å². The predicted octanol–water partition coefficient (Wildman–Crippen LogP) is 2.59. The van der Waals surface area contributed by atoms with E-state index in [1.54, 1.807) is 0 Å². The van der Waals surface area contributed by atoms with E-state index < -0.39 is 0 Å². The average Bonchev–Trinajstić information content (AvgIpc) is 2.23. The summed E-state index contributed by atoms with van der Waals surface area (Å²) in [5.41, 5.74) is 7.86. The largest absolute Gasteiger partial charge is 0.399 e. The van der Waals surface area contributed by atoms with Crippen molar-refractivity contribution in [3.63, 3.8) is 0 Å². The van der Waals surface area contributed by atoms with Gasteiger partial charge < -0.3 is 11.1 Å². The van der Waals surface area contributed by atoms with Crippen LogP contribution in [0.25, 0.3) is 0 Å². The molecule has 0 bridgehead atoms. The van der Waals surface area contributed by atoms with E-state index in [1.165, 1.54) is 37.8 Å².